The van der Waals surface area contributed by atoms with Crippen molar-refractivity contribution < 1.29 is 23.5 Å². The van der Waals surface area contributed by atoms with E-state index < -0.39 is 17.7 Å². The van der Waals surface area contributed by atoms with E-state index in [1.807, 2.05) is 0 Å². The lowest BCUT2D eigenvalue weighted by Crippen LogP contribution is -2.30. The Morgan fingerprint density at radius 2 is 2.08 bits per heavy atom. The van der Waals surface area contributed by atoms with Gasteiger partial charge in [-0.15, -0.1) is 0 Å². The van der Waals surface area contributed by atoms with Gasteiger partial charge < -0.3 is 13.9 Å². The minimum Gasteiger partial charge on any atom is -0.483 e. The molecule has 2 aromatic rings. The molecule has 0 radical (unpaired) electrons. The first-order valence-corrected chi connectivity index (χ1v) is 8.32. The van der Waals surface area contributed by atoms with Crippen molar-refractivity contribution >= 4 is 22.7 Å². The van der Waals surface area contributed by atoms with Crippen LogP contribution in [0.3, 0.4) is 0 Å². The molecule has 0 aliphatic heterocycles. The zero-order valence-corrected chi connectivity index (χ0v) is 14.3. The van der Waals surface area contributed by atoms with Gasteiger partial charge in [-0.3, -0.25) is 9.59 Å². The number of ether oxygens (including phenoxy) is 2. The third kappa shape index (κ3) is 3.57. The molecule has 6 heteroatoms. The Hall–Kier alpha value is -2.63. The first-order chi connectivity index (χ1) is 12.0. The minimum atomic E-state index is -0.568. The highest BCUT2D eigenvalue weighted by molar-refractivity contribution is 5.85. The number of esters is 1. The van der Waals surface area contributed by atoms with Crippen LogP contribution in [0.2, 0.25) is 0 Å². The summed E-state index contributed by atoms with van der Waals surface area (Å²) in [5.74, 6) is 0.110. The van der Waals surface area contributed by atoms with Gasteiger partial charge in [0.2, 0.25) is 0 Å². The van der Waals surface area contributed by atoms with Gasteiger partial charge in [-0.2, -0.15) is 0 Å². The molecule has 1 heterocycles. The zero-order chi connectivity index (χ0) is 18.0. The minimum absolute atomic E-state index is 0.109. The van der Waals surface area contributed by atoms with Crippen molar-refractivity contribution in [3.05, 3.63) is 39.7 Å². The van der Waals surface area contributed by atoms with Gasteiger partial charge in [0.1, 0.15) is 11.3 Å². The van der Waals surface area contributed by atoms with E-state index in [0.29, 0.717) is 29.7 Å². The van der Waals surface area contributed by atoms with Gasteiger partial charge in [0, 0.05) is 17.9 Å². The average Bonchev–Trinajstić information content (AvgIpc) is 2.60. The van der Waals surface area contributed by atoms with Crippen LogP contribution in [-0.4, -0.2) is 25.0 Å². The summed E-state index contributed by atoms with van der Waals surface area (Å²) < 4.78 is 15.7. The Morgan fingerprint density at radius 1 is 1.28 bits per heavy atom. The monoisotopic (exact) mass is 344 g/mol. The van der Waals surface area contributed by atoms with Crippen LogP contribution < -0.4 is 10.4 Å². The van der Waals surface area contributed by atoms with Gasteiger partial charge in [-0.05, 0) is 43.9 Å². The molecule has 0 bridgehead atoms. The number of Topliss-reactive ketones (excluding diaryl/α,β-unsaturated/α-hetero) is 1. The summed E-state index contributed by atoms with van der Waals surface area (Å²) in [6, 6.07) is 5.14. The van der Waals surface area contributed by atoms with E-state index >= 15 is 0 Å². The summed E-state index contributed by atoms with van der Waals surface area (Å²) >= 11 is 0. The Kier molecular flexibility index (Phi) is 4.88. The van der Waals surface area contributed by atoms with E-state index in [2.05, 4.69) is 4.74 Å². The van der Waals surface area contributed by atoms with Crippen molar-refractivity contribution in [2.45, 2.75) is 45.1 Å². The standard InChI is InChI=1S/C19H20O6/c1-11-13-8-7-12(24-16-6-4-3-5-15(16)20)9-17(13)25-19(22)14(11)10-18(21)23-2/h7-9,16H,3-6,10H2,1-2H3/t16-/m0/s1. The molecule has 0 N–H and O–H groups in total. The Bertz CT molecular complexity index is 879. The van der Waals surface area contributed by atoms with Gasteiger partial charge >= 0.3 is 11.6 Å². The van der Waals surface area contributed by atoms with Crippen molar-refractivity contribution in [1.29, 1.82) is 0 Å². The smallest absolute Gasteiger partial charge is 0.340 e. The largest absolute Gasteiger partial charge is 0.483 e. The summed E-state index contributed by atoms with van der Waals surface area (Å²) in [5, 5.41) is 0.723. The first-order valence-electron chi connectivity index (χ1n) is 8.32. The molecule has 132 valence electrons. The second-order valence-corrected chi connectivity index (χ2v) is 6.22. The van der Waals surface area contributed by atoms with E-state index in [4.69, 9.17) is 9.15 Å². The number of hydrogen-bond acceptors (Lipinski definition) is 6. The molecule has 25 heavy (non-hydrogen) atoms. The van der Waals surface area contributed by atoms with Crippen LogP contribution in [0.5, 0.6) is 5.75 Å². The second-order valence-electron chi connectivity index (χ2n) is 6.22. The van der Waals surface area contributed by atoms with Gasteiger partial charge in [0.15, 0.2) is 11.9 Å². The summed E-state index contributed by atoms with van der Waals surface area (Å²) in [6.07, 6.45) is 2.57. The summed E-state index contributed by atoms with van der Waals surface area (Å²) in [7, 11) is 1.27. The number of methoxy groups -OCH3 is 1. The summed E-state index contributed by atoms with van der Waals surface area (Å²) in [5.41, 5.74) is 0.769. The normalized spacial score (nSPS) is 17.5. The third-order valence-corrected chi connectivity index (χ3v) is 4.58. The predicted octanol–water partition coefficient (Wildman–Crippen LogP) is 2.71. The summed E-state index contributed by atoms with van der Waals surface area (Å²) in [6.45, 7) is 1.77. The van der Waals surface area contributed by atoms with Crippen molar-refractivity contribution in [2.75, 3.05) is 7.11 Å². The van der Waals surface area contributed by atoms with Crippen LogP contribution in [0.15, 0.2) is 27.4 Å². The average molecular weight is 344 g/mol. The highest BCUT2D eigenvalue weighted by atomic mass is 16.5. The molecule has 1 aliphatic rings. The molecule has 1 aromatic heterocycles. The maximum Gasteiger partial charge on any atom is 0.340 e. The molecular formula is C19H20O6. The van der Waals surface area contributed by atoms with Crippen molar-refractivity contribution in [2.24, 2.45) is 0 Å². The van der Waals surface area contributed by atoms with Crippen LogP contribution in [-0.2, 0) is 20.7 Å². The molecule has 1 aromatic carbocycles. The molecule has 1 fully saturated rings. The summed E-state index contributed by atoms with van der Waals surface area (Å²) in [4.78, 5) is 35.6. The highest BCUT2D eigenvalue weighted by Gasteiger charge is 2.24. The second kappa shape index (κ2) is 7.09. The molecule has 0 saturated heterocycles. The fraction of sp³-hybridized carbons (Fsp3) is 0.421. The molecule has 0 spiro atoms. The van der Waals surface area contributed by atoms with E-state index in [0.717, 1.165) is 18.2 Å². The van der Waals surface area contributed by atoms with E-state index in [1.165, 1.54) is 7.11 Å². The predicted molar refractivity (Wildman–Crippen MR) is 90.8 cm³/mol. The number of carbonyl (C=O) groups excluding carboxylic acids is 2. The van der Waals surface area contributed by atoms with E-state index in [9.17, 15) is 14.4 Å². The SMILES string of the molecule is COC(=O)Cc1c(C)c2ccc(O[C@H]3CCCCC3=O)cc2oc1=O. The van der Waals surface area contributed by atoms with E-state index in [1.54, 1.807) is 25.1 Å². The number of benzene rings is 1. The molecule has 6 nitrogen and oxygen atoms in total. The highest BCUT2D eigenvalue weighted by Crippen LogP contribution is 2.27. The number of hydrogen-bond donors (Lipinski definition) is 0. The van der Waals surface area contributed by atoms with Gasteiger partial charge in [0.25, 0.3) is 0 Å². The van der Waals surface area contributed by atoms with Crippen molar-refractivity contribution in [3.8, 4) is 5.75 Å². The lowest BCUT2D eigenvalue weighted by atomic mass is 9.96. The molecule has 3 rings (SSSR count). The zero-order valence-electron chi connectivity index (χ0n) is 14.3. The molecule has 0 unspecified atom stereocenters. The molecule has 1 saturated carbocycles. The maximum atomic E-state index is 12.2. The molecule has 0 amide bonds. The Labute approximate surface area is 144 Å². The Morgan fingerprint density at radius 3 is 2.80 bits per heavy atom. The maximum absolute atomic E-state index is 12.2. The van der Waals surface area contributed by atoms with Crippen LogP contribution >= 0.6 is 0 Å². The van der Waals surface area contributed by atoms with Crippen LogP contribution in [0.25, 0.3) is 11.0 Å². The van der Waals surface area contributed by atoms with Crippen molar-refractivity contribution in [3.63, 3.8) is 0 Å². The topological polar surface area (TPSA) is 82.8 Å². The lowest BCUT2D eigenvalue weighted by molar-refractivity contribution is -0.139. The molecule has 1 atom stereocenters. The van der Waals surface area contributed by atoms with E-state index in [-0.39, 0.29) is 17.8 Å². The number of rotatable bonds is 4. The first kappa shape index (κ1) is 17.2. The van der Waals surface area contributed by atoms with Gasteiger partial charge in [-0.1, -0.05) is 0 Å². The van der Waals surface area contributed by atoms with Gasteiger partial charge in [0.05, 0.1) is 19.1 Å². The fourth-order valence-electron chi connectivity index (χ4n) is 3.11. The van der Waals surface area contributed by atoms with Crippen molar-refractivity contribution in [1.82, 2.24) is 0 Å². The lowest BCUT2D eigenvalue weighted by Gasteiger charge is -2.21. The van der Waals surface area contributed by atoms with Crippen LogP contribution in [0.1, 0.15) is 36.8 Å². The van der Waals surface area contributed by atoms with Gasteiger partial charge in [-0.25, -0.2) is 4.79 Å². The quantitative estimate of drug-likeness (QED) is 0.626. The number of fused-ring (bicyclic) bond motifs is 1. The Balaban J connectivity index is 1.93. The third-order valence-electron chi connectivity index (χ3n) is 4.58. The number of ketones is 1. The molecule has 1 aliphatic carbocycles. The number of aryl methyl sites for hydroxylation is 1. The van der Waals surface area contributed by atoms with Crippen LogP contribution in [0, 0.1) is 6.92 Å². The number of carbonyl (C=O) groups is 2. The molecular weight excluding hydrogens is 324 g/mol. The van der Waals surface area contributed by atoms with Crippen LogP contribution in [0.4, 0.5) is 0 Å². The fourth-order valence-corrected chi connectivity index (χ4v) is 3.11.